The highest BCUT2D eigenvalue weighted by molar-refractivity contribution is 5.81. The Hall–Kier alpha value is -1.12. The molecule has 0 aliphatic carbocycles. The highest BCUT2D eigenvalue weighted by Crippen LogP contribution is 2.01. The monoisotopic (exact) mass is 139 g/mol. The topological polar surface area (TPSA) is 28.0 Å². The van der Waals surface area contributed by atoms with E-state index in [0.717, 1.165) is 11.5 Å². The zero-order valence-corrected chi connectivity index (χ0v) is 6.76. The average Bonchev–Trinajstić information content (AvgIpc) is 1.88. The summed E-state index contributed by atoms with van der Waals surface area (Å²) in [7, 11) is 1.70. The molecule has 0 aromatic rings. The van der Waals surface area contributed by atoms with E-state index in [4.69, 9.17) is 0 Å². The van der Waals surface area contributed by atoms with Crippen LogP contribution in [-0.2, 0) is 0 Å². The predicted octanol–water partition coefficient (Wildman–Crippen LogP) is 1.49. The number of hydrogen-bond acceptors (Lipinski definition) is 2. The van der Waals surface area contributed by atoms with Gasteiger partial charge in [-0.05, 0) is 13.8 Å². The fourth-order valence-electron chi connectivity index (χ4n) is 0.594. The Bertz CT molecular complexity index is 170. The van der Waals surface area contributed by atoms with Gasteiger partial charge in [0.05, 0.1) is 0 Å². The van der Waals surface area contributed by atoms with E-state index in [1.807, 2.05) is 13.8 Å². The third kappa shape index (κ3) is 2.01. The minimum absolute atomic E-state index is 0.794. The minimum Gasteiger partial charge on any atom is -0.274 e. The van der Waals surface area contributed by atoms with Crippen LogP contribution in [-0.4, -0.2) is 24.6 Å². The quantitative estimate of drug-likeness (QED) is 0.323. The molecule has 0 radical (unpaired) electrons. The van der Waals surface area contributed by atoms with Crippen molar-refractivity contribution in [1.29, 1.82) is 0 Å². The lowest BCUT2D eigenvalue weighted by molar-refractivity contribution is 0.555. The van der Waals surface area contributed by atoms with Gasteiger partial charge in [-0.3, -0.25) is 4.99 Å². The maximum Gasteiger partial charge on any atom is 0.121 e. The van der Waals surface area contributed by atoms with Crippen molar-refractivity contribution >= 4 is 12.6 Å². The van der Waals surface area contributed by atoms with Crippen LogP contribution in [0.3, 0.4) is 0 Å². The van der Waals surface area contributed by atoms with Gasteiger partial charge in [-0.1, -0.05) is 6.58 Å². The number of amidine groups is 1. The van der Waals surface area contributed by atoms with Gasteiger partial charge in [-0.25, -0.2) is 5.01 Å². The van der Waals surface area contributed by atoms with Gasteiger partial charge in [0.1, 0.15) is 5.84 Å². The second kappa shape index (κ2) is 3.82. The maximum absolute atomic E-state index is 3.93. The number of allylic oxidation sites excluding steroid dienone is 1. The molecule has 0 N–H and O–H groups in total. The fraction of sp³-hybridized carbons (Fsp3) is 0.429. The zero-order chi connectivity index (χ0) is 8.15. The smallest absolute Gasteiger partial charge is 0.121 e. The lowest BCUT2D eigenvalue weighted by Crippen LogP contribution is -2.19. The summed E-state index contributed by atoms with van der Waals surface area (Å²) in [4.78, 5) is 3.93. The van der Waals surface area contributed by atoms with Crippen molar-refractivity contribution in [2.75, 3.05) is 7.05 Å². The summed E-state index contributed by atoms with van der Waals surface area (Å²) in [5.74, 6) is 0.794. The third-order valence-electron chi connectivity index (χ3n) is 1.13. The second-order valence-electron chi connectivity index (χ2n) is 1.96. The summed E-state index contributed by atoms with van der Waals surface area (Å²) in [6.45, 7) is 10.8. The van der Waals surface area contributed by atoms with E-state index in [2.05, 4.69) is 23.4 Å². The number of aliphatic imine (C=N–C) groups is 1. The summed E-state index contributed by atoms with van der Waals surface area (Å²) < 4.78 is 0. The molecule has 0 aliphatic heterocycles. The molecule has 0 atom stereocenters. The lowest BCUT2D eigenvalue weighted by atomic mass is 10.5. The van der Waals surface area contributed by atoms with Crippen LogP contribution < -0.4 is 0 Å². The first kappa shape index (κ1) is 8.88. The number of hydrazone groups is 1. The first-order valence-corrected chi connectivity index (χ1v) is 2.99. The Balaban J connectivity index is 4.36. The number of nitrogens with zero attached hydrogens (tertiary/aromatic N) is 3. The molecule has 0 aromatic carbocycles. The van der Waals surface area contributed by atoms with Crippen LogP contribution in [0.15, 0.2) is 22.4 Å². The predicted molar refractivity (Wildman–Crippen MR) is 45.2 cm³/mol. The highest BCUT2D eigenvalue weighted by atomic mass is 15.5. The molecule has 10 heavy (non-hydrogen) atoms. The molecule has 0 aliphatic rings. The molecule has 0 spiro atoms. The molecule has 0 fully saturated rings. The Morgan fingerprint density at radius 3 is 2.00 bits per heavy atom. The number of hydrogen-bond donors (Lipinski definition) is 0. The van der Waals surface area contributed by atoms with Crippen molar-refractivity contribution in [2.45, 2.75) is 13.8 Å². The SMILES string of the molecule is C=NN(C(=C)C)C(C)=NC. The first-order chi connectivity index (χ1) is 4.63. The summed E-state index contributed by atoms with van der Waals surface area (Å²) in [5.41, 5.74) is 0.818. The first-order valence-electron chi connectivity index (χ1n) is 2.99. The van der Waals surface area contributed by atoms with Gasteiger partial charge in [0, 0.05) is 19.5 Å². The molecule has 3 heteroatoms. The van der Waals surface area contributed by atoms with Crippen molar-refractivity contribution in [1.82, 2.24) is 5.01 Å². The van der Waals surface area contributed by atoms with Gasteiger partial charge in [0.25, 0.3) is 0 Å². The summed E-state index contributed by atoms with van der Waals surface area (Å²) in [6, 6.07) is 0. The van der Waals surface area contributed by atoms with Gasteiger partial charge in [0.2, 0.25) is 0 Å². The van der Waals surface area contributed by atoms with Crippen LogP contribution in [0.5, 0.6) is 0 Å². The Morgan fingerprint density at radius 2 is 1.90 bits per heavy atom. The van der Waals surface area contributed by atoms with Gasteiger partial charge >= 0.3 is 0 Å². The van der Waals surface area contributed by atoms with Crippen molar-refractivity contribution in [2.24, 2.45) is 10.1 Å². The van der Waals surface area contributed by atoms with Crippen molar-refractivity contribution in [3.8, 4) is 0 Å². The lowest BCUT2D eigenvalue weighted by Gasteiger charge is -2.16. The molecular formula is C7H13N3. The van der Waals surface area contributed by atoms with E-state index in [9.17, 15) is 0 Å². The fourth-order valence-corrected chi connectivity index (χ4v) is 0.594. The Kier molecular flexibility index (Phi) is 3.39. The van der Waals surface area contributed by atoms with Crippen molar-refractivity contribution < 1.29 is 0 Å². The minimum atomic E-state index is 0.794. The van der Waals surface area contributed by atoms with Gasteiger partial charge in [-0.15, -0.1) is 0 Å². The molecule has 0 amide bonds. The molecule has 0 heterocycles. The molecular weight excluding hydrogens is 126 g/mol. The van der Waals surface area contributed by atoms with E-state index < -0.39 is 0 Å². The Morgan fingerprint density at radius 1 is 1.40 bits per heavy atom. The van der Waals surface area contributed by atoms with Crippen LogP contribution in [0.1, 0.15) is 13.8 Å². The summed E-state index contributed by atoms with van der Waals surface area (Å²) in [6.07, 6.45) is 0. The maximum atomic E-state index is 3.93. The van der Waals surface area contributed by atoms with Gasteiger partial charge < -0.3 is 0 Å². The van der Waals surface area contributed by atoms with E-state index in [0.29, 0.717) is 0 Å². The number of rotatable bonds is 2. The Labute approximate surface area is 61.8 Å². The van der Waals surface area contributed by atoms with Crippen molar-refractivity contribution in [3.05, 3.63) is 12.3 Å². The second-order valence-corrected chi connectivity index (χ2v) is 1.96. The van der Waals surface area contributed by atoms with Crippen LogP contribution in [0.25, 0.3) is 0 Å². The van der Waals surface area contributed by atoms with E-state index in [1.165, 1.54) is 0 Å². The zero-order valence-electron chi connectivity index (χ0n) is 6.76. The molecule has 0 bridgehead atoms. The van der Waals surface area contributed by atoms with E-state index in [-0.39, 0.29) is 0 Å². The third-order valence-corrected chi connectivity index (χ3v) is 1.13. The van der Waals surface area contributed by atoms with E-state index in [1.54, 1.807) is 12.1 Å². The summed E-state index contributed by atoms with van der Waals surface area (Å²) in [5, 5.41) is 5.29. The molecule has 3 nitrogen and oxygen atoms in total. The van der Waals surface area contributed by atoms with Crippen LogP contribution in [0.4, 0.5) is 0 Å². The molecule has 0 rings (SSSR count). The van der Waals surface area contributed by atoms with Gasteiger partial charge in [0.15, 0.2) is 0 Å². The molecule has 0 aromatic heterocycles. The van der Waals surface area contributed by atoms with E-state index >= 15 is 0 Å². The van der Waals surface area contributed by atoms with Crippen LogP contribution >= 0.6 is 0 Å². The largest absolute Gasteiger partial charge is 0.274 e. The summed E-state index contributed by atoms with van der Waals surface area (Å²) >= 11 is 0. The van der Waals surface area contributed by atoms with Crippen LogP contribution in [0.2, 0.25) is 0 Å². The van der Waals surface area contributed by atoms with Crippen LogP contribution in [0, 0.1) is 0 Å². The average molecular weight is 139 g/mol. The van der Waals surface area contributed by atoms with Gasteiger partial charge in [-0.2, -0.15) is 5.10 Å². The normalized spacial score (nSPS) is 10.9. The molecule has 0 unspecified atom stereocenters. The highest BCUT2D eigenvalue weighted by Gasteiger charge is 2.01. The molecule has 0 saturated heterocycles. The molecule has 56 valence electrons. The van der Waals surface area contributed by atoms with Crippen molar-refractivity contribution in [3.63, 3.8) is 0 Å². The molecule has 0 saturated carbocycles. The standard InChI is InChI=1S/C7H13N3/c1-6(2)10(9-5)7(3)8-4/h1,5H2,2-4H3.